The summed E-state index contributed by atoms with van der Waals surface area (Å²) in [7, 11) is 0. The van der Waals surface area contributed by atoms with Crippen molar-refractivity contribution in [1.29, 1.82) is 0 Å². The van der Waals surface area contributed by atoms with Crippen molar-refractivity contribution in [2.75, 3.05) is 0 Å². The molecule has 0 spiro atoms. The van der Waals surface area contributed by atoms with Gasteiger partial charge in [0, 0.05) is 78.7 Å². The van der Waals surface area contributed by atoms with Crippen molar-refractivity contribution in [3.8, 4) is 0 Å². The smallest absolute Gasteiger partial charge is 0 e. The molecular formula is CuMo2RhS2-2. The minimum absolute atomic E-state index is 0. The van der Waals surface area contributed by atoms with E-state index >= 15 is 0 Å². The van der Waals surface area contributed by atoms with Crippen LogP contribution in [0.5, 0.6) is 0 Å². The summed E-state index contributed by atoms with van der Waals surface area (Å²) in [6, 6.07) is 0. The molecule has 6 heteroatoms. The number of rotatable bonds is 0. The summed E-state index contributed by atoms with van der Waals surface area (Å²) in [5.41, 5.74) is 0. The molecule has 0 saturated heterocycles. The van der Waals surface area contributed by atoms with Crippen molar-refractivity contribution < 1.29 is 78.7 Å². The molecule has 0 aliphatic carbocycles. The van der Waals surface area contributed by atoms with Crippen LogP contribution in [0.4, 0.5) is 0 Å². The second-order valence-corrected chi connectivity index (χ2v) is 0. The molecule has 46 valence electrons. The Morgan fingerprint density at radius 1 is 0.833 bits per heavy atom. The number of hydrogen-bond acceptors (Lipinski definition) is 2. The SMILES string of the molecule is [Cu].[Mo].[Mo].[Rh].[S-][S-]. The minimum Gasteiger partial charge on any atom is -1.00 e. The van der Waals surface area contributed by atoms with Crippen LogP contribution in [0.1, 0.15) is 0 Å². The Labute approximate surface area is 100 Å². The van der Waals surface area contributed by atoms with Gasteiger partial charge >= 0.3 is 0 Å². The Balaban J connectivity index is -0.000000000833. The molecule has 0 fully saturated rings. The predicted molar refractivity (Wildman–Crippen MR) is 14.7 cm³/mol. The van der Waals surface area contributed by atoms with Crippen LogP contribution >= 0.6 is 0 Å². The van der Waals surface area contributed by atoms with E-state index in [9.17, 15) is 0 Å². The van der Waals surface area contributed by atoms with Crippen LogP contribution in [0.25, 0.3) is 0 Å². The van der Waals surface area contributed by atoms with Gasteiger partial charge in [0.1, 0.15) is 0 Å². The zero-order chi connectivity index (χ0) is 2.00. The summed E-state index contributed by atoms with van der Waals surface area (Å²) in [5, 5.41) is 0. The van der Waals surface area contributed by atoms with Crippen LogP contribution < -0.4 is 0 Å². The second-order valence-electron chi connectivity index (χ2n) is 0. The molecule has 0 aliphatic heterocycles. The zero-order valence-corrected chi connectivity index (χ0v) is 10.5. The maximum Gasteiger partial charge on any atom is 0 e. The Kier molecular flexibility index (Phi) is 241. The summed E-state index contributed by atoms with van der Waals surface area (Å²) in [6.07, 6.45) is 0. The van der Waals surface area contributed by atoms with E-state index < -0.39 is 0 Å². The van der Waals surface area contributed by atoms with E-state index in [2.05, 4.69) is 23.3 Å². The van der Waals surface area contributed by atoms with Crippen LogP contribution in [0, 0.1) is 0 Å². The summed E-state index contributed by atoms with van der Waals surface area (Å²) >= 11 is 7.33. The summed E-state index contributed by atoms with van der Waals surface area (Å²) in [5.74, 6) is 0. The molecule has 0 N–H and O–H groups in total. The normalized spacial score (nSPS) is 1.00. The monoisotopic (exact) mass is 426 g/mol. The van der Waals surface area contributed by atoms with Gasteiger partial charge in [-0.25, -0.2) is 0 Å². The van der Waals surface area contributed by atoms with Crippen LogP contribution in [0.2, 0.25) is 0 Å². The Hall–Kier alpha value is 3.22. The Bertz CT molecular complexity index is 11.5. The third kappa shape index (κ3) is 26.9. The molecule has 0 heterocycles. The second kappa shape index (κ2) is 41.3. The Morgan fingerprint density at radius 2 is 0.833 bits per heavy atom. The molecule has 0 unspecified atom stereocenters. The fourth-order valence-electron chi connectivity index (χ4n) is 0. The van der Waals surface area contributed by atoms with Crippen molar-refractivity contribution in [3.63, 3.8) is 0 Å². The van der Waals surface area contributed by atoms with Crippen molar-refractivity contribution in [3.05, 3.63) is 0 Å². The van der Waals surface area contributed by atoms with Gasteiger partial charge in [0.25, 0.3) is 0 Å². The van der Waals surface area contributed by atoms with Crippen molar-refractivity contribution in [2.45, 2.75) is 0 Å². The maximum atomic E-state index is 3.67. The van der Waals surface area contributed by atoms with Crippen molar-refractivity contribution >= 4 is 23.3 Å². The zero-order valence-electron chi connectivity index (χ0n) is 2.27. The van der Waals surface area contributed by atoms with Crippen molar-refractivity contribution in [1.82, 2.24) is 0 Å². The van der Waals surface area contributed by atoms with Gasteiger partial charge in [0.2, 0.25) is 0 Å². The number of hydrogen-bond donors (Lipinski definition) is 0. The molecule has 0 bridgehead atoms. The molecule has 0 atom stereocenters. The largest absolute Gasteiger partial charge is 1.00 e. The van der Waals surface area contributed by atoms with Gasteiger partial charge in [0.15, 0.2) is 0 Å². The standard InChI is InChI=1S/Cu.2Mo.Rh.S2/c;;;;1-2/q;;;;-2. The molecule has 0 amide bonds. The average molecular weight is 422 g/mol. The average Bonchev–Trinajstić information content (AvgIpc) is 1.00. The van der Waals surface area contributed by atoms with E-state index in [0.717, 1.165) is 0 Å². The van der Waals surface area contributed by atoms with Gasteiger partial charge in [-0.3, -0.25) is 0 Å². The van der Waals surface area contributed by atoms with Gasteiger partial charge in [-0.1, -0.05) is 0 Å². The molecule has 0 aromatic heterocycles. The van der Waals surface area contributed by atoms with E-state index in [4.69, 9.17) is 0 Å². The molecule has 0 aromatic rings. The summed E-state index contributed by atoms with van der Waals surface area (Å²) in [4.78, 5) is 0. The van der Waals surface area contributed by atoms with Crippen LogP contribution in [0.3, 0.4) is 0 Å². The Morgan fingerprint density at radius 3 is 0.833 bits per heavy atom. The molecule has 0 aliphatic rings. The van der Waals surface area contributed by atoms with Crippen LogP contribution in [0.15, 0.2) is 0 Å². The summed E-state index contributed by atoms with van der Waals surface area (Å²) < 4.78 is 0. The van der Waals surface area contributed by atoms with Crippen molar-refractivity contribution in [2.24, 2.45) is 0 Å². The molecule has 2 radical (unpaired) electrons. The summed E-state index contributed by atoms with van der Waals surface area (Å²) in [6.45, 7) is 0. The fraction of sp³-hybridized carbons (Fsp3) is 0. The van der Waals surface area contributed by atoms with Gasteiger partial charge in [-0.15, -0.1) is 0 Å². The topological polar surface area (TPSA) is 0 Å². The first-order valence-electron chi connectivity index (χ1n) is 0.167. The molecule has 6 heavy (non-hydrogen) atoms. The van der Waals surface area contributed by atoms with E-state index in [-0.39, 0.29) is 78.7 Å². The fourth-order valence-corrected chi connectivity index (χ4v) is 0. The first-order valence-corrected chi connectivity index (χ1v) is 1.50. The minimum atomic E-state index is 0. The third-order valence-corrected chi connectivity index (χ3v) is 0. The first-order chi connectivity index (χ1) is 1.00. The molecule has 0 nitrogen and oxygen atoms in total. The molecular weight excluding hydrogens is 422 g/mol. The molecule has 0 rings (SSSR count). The van der Waals surface area contributed by atoms with Gasteiger partial charge < -0.3 is 23.3 Å². The first kappa shape index (κ1) is 35.0. The van der Waals surface area contributed by atoms with Gasteiger partial charge in [-0.2, -0.15) is 0 Å². The van der Waals surface area contributed by atoms with E-state index in [1.165, 1.54) is 0 Å². The molecule has 0 aromatic carbocycles. The van der Waals surface area contributed by atoms with E-state index in [1.807, 2.05) is 0 Å². The van der Waals surface area contributed by atoms with E-state index in [0.29, 0.717) is 0 Å². The van der Waals surface area contributed by atoms with E-state index in [1.54, 1.807) is 0 Å². The van der Waals surface area contributed by atoms with Crippen LogP contribution in [-0.2, 0) is 102 Å². The van der Waals surface area contributed by atoms with Gasteiger partial charge in [0.05, 0.1) is 0 Å². The third-order valence-electron chi connectivity index (χ3n) is 0. The van der Waals surface area contributed by atoms with Gasteiger partial charge in [-0.05, 0) is 0 Å². The van der Waals surface area contributed by atoms with Crippen LogP contribution in [-0.4, -0.2) is 0 Å². The maximum absolute atomic E-state index is 3.67. The predicted octanol–water partition coefficient (Wildman–Crippen LogP) is -0.0148. The quantitative estimate of drug-likeness (QED) is 0.306. The molecule has 0 saturated carbocycles.